The zero-order chi connectivity index (χ0) is 43.5. The van der Waals surface area contributed by atoms with E-state index in [4.69, 9.17) is 5.73 Å². The molecule has 4 nitrogen and oxygen atoms in total. The van der Waals surface area contributed by atoms with E-state index in [1.54, 1.807) is 0 Å². The summed E-state index contributed by atoms with van der Waals surface area (Å²) in [7, 11) is 0. The molecule has 0 atom stereocenters. The fraction of sp³-hybridized carbons (Fsp3) is 0.0678. The Bertz CT molecular complexity index is 3180. The minimum atomic E-state index is -0.521. The molecule has 0 saturated heterocycles. The van der Waals surface area contributed by atoms with Gasteiger partial charge in [0.15, 0.2) is 0 Å². The highest BCUT2D eigenvalue weighted by atomic mass is 32.2. The molecular weight excluding hydrogens is 797 g/mol. The van der Waals surface area contributed by atoms with Crippen LogP contribution in [-0.4, -0.2) is 11.3 Å². The van der Waals surface area contributed by atoms with E-state index >= 15 is 0 Å². The number of anilines is 3. The molecule has 2 N–H and O–H groups in total. The average Bonchev–Trinajstić information content (AvgIpc) is 3.70. The first-order valence-corrected chi connectivity index (χ1v) is 22.6. The first-order chi connectivity index (χ1) is 31.6. The summed E-state index contributed by atoms with van der Waals surface area (Å²) >= 11 is 1.91. The lowest BCUT2D eigenvalue weighted by atomic mass is 9.62. The Morgan fingerprint density at radius 3 is 1.67 bits per heavy atom. The van der Waals surface area contributed by atoms with Crippen molar-refractivity contribution < 1.29 is 0 Å². The maximum Gasteiger partial charge on any atom is 0.0764 e. The van der Waals surface area contributed by atoms with Crippen molar-refractivity contribution in [1.82, 2.24) is 4.57 Å². The molecule has 3 heterocycles. The summed E-state index contributed by atoms with van der Waals surface area (Å²) in [6.07, 6.45) is 0. The Balaban J connectivity index is 0.000000274. The number of hydrogen-bond donors (Lipinski definition) is 1. The van der Waals surface area contributed by atoms with E-state index < -0.39 is 5.41 Å². The summed E-state index contributed by atoms with van der Waals surface area (Å²) in [5, 5.41) is 2.56. The molecule has 2 aliphatic rings. The number of nitrogens with two attached hydrogens (primary N) is 1. The fourth-order valence-corrected chi connectivity index (χ4v) is 10.9. The molecule has 0 unspecified atom stereocenters. The van der Waals surface area contributed by atoms with E-state index in [1.807, 2.05) is 60.3 Å². The van der Waals surface area contributed by atoms with Crippen LogP contribution in [0.25, 0.3) is 27.5 Å². The van der Waals surface area contributed by atoms with Crippen LogP contribution < -0.4 is 10.6 Å². The molecule has 0 bridgehead atoms. The van der Waals surface area contributed by atoms with Crippen LogP contribution in [0.2, 0.25) is 0 Å². The molecule has 1 aromatic heterocycles. The van der Waals surface area contributed by atoms with Crippen molar-refractivity contribution in [2.45, 2.75) is 35.2 Å². The van der Waals surface area contributed by atoms with Gasteiger partial charge in [-0.15, -0.1) is 0 Å². The third-order valence-corrected chi connectivity index (χ3v) is 13.5. The smallest absolute Gasteiger partial charge is 0.0764 e. The van der Waals surface area contributed by atoms with E-state index in [9.17, 15) is 0 Å². The van der Waals surface area contributed by atoms with Crippen molar-refractivity contribution in [3.63, 3.8) is 0 Å². The van der Waals surface area contributed by atoms with Gasteiger partial charge in [0, 0.05) is 38.5 Å². The highest BCUT2D eigenvalue weighted by Crippen LogP contribution is 2.64. The van der Waals surface area contributed by atoms with Crippen molar-refractivity contribution >= 4 is 57.3 Å². The lowest BCUT2D eigenvalue weighted by Crippen LogP contribution is -2.39. The first-order valence-electron chi connectivity index (χ1n) is 21.8. The molecule has 1 spiro atoms. The minimum absolute atomic E-state index is 0.521. The quantitative estimate of drug-likeness (QED) is 0.176. The largest absolute Gasteiger partial charge is 0.326 e. The van der Waals surface area contributed by atoms with E-state index in [0.717, 1.165) is 16.9 Å². The van der Waals surface area contributed by atoms with E-state index in [2.05, 4.69) is 204 Å². The number of fused-ring (bicyclic) bond motifs is 12. The van der Waals surface area contributed by atoms with Crippen molar-refractivity contribution in [3.05, 3.63) is 263 Å². The van der Waals surface area contributed by atoms with Crippen LogP contribution in [-0.2, 0) is 18.5 Å². The van der Waals surface area contributed by atoms with E-state index in [1.165, 1.54) is 76.4 Å². The standard InChI is InChI=1S/C45H31N3S.C7H9N.C7H8/c1-46-29-30-23-25-32(26-24-30)47-38-19-9-5-15-33(38)43-41(47)28-27-37-44(43)49-42-22-12-8-18-36(42)45(37)34-16-6-10-20-39(34)48(31-13-3-2-4-14-31)40-21-11-7-17-35(40)45;8-6-7-4-2-1-3-5-7;1-7-5-3-2-4-6-7/h2-28H,1,29H2;1-5H,6,8H2;2-6H,1H3. The molecule has 0 aliphatic carbocycles. The molecular formula is C59H48N4S. The van der Waals surface area contributed by atoms with Crippen LogP contribution in [0.1, 0.15) is 38.9 Å². The molecule has 9 aromatic carbocycles. The highest BCUT2D eigenvalue weighted by molar-refractivity contribution is 7.99. The van der Waals surface area contributed by atoms with Crippen LogP contribution in [0.3, 0.4) is 0 Å². The second-order valence-electron chi connectivity index (χ2n) is 16.1. The van der Waals surface area contributed by atoms with Gasteiger partial charge in [-0.05, 0) is 102 Å². The van der Waals surface area contributed by atoms with Crippen molar-refractivity contribution in [3.8, 4) is 5.69 Å². The lowest BCUT2D eigenvalue weighted by Gasteiger charge is -2.49. The molecule has 0 saturated carbocycles. The summed E-state index contributed by atoms with van der Waals surface area (Å²) in [5.41, 5.74) is 20.9. The average molecular weight is 845 g/mol. The van der Waals surface area contributed by atoms with Crippen LogP contribution in [0, 0.1) is 6.92 Å². The monoisotopic (exact) mass is 844 g/mol. The second-order valence-corrected chi connectivity index (χ2v) is 17.2. The molecule has 0 radical (unpaired) electrons. The van der Waals surface area contributed by atoms with Gasteiger partial charge in [0.2, 0.25) is 0 Å². The molecule has 5 heteroatoms. The zero-order valence-electron chi connectivity index (χ0n) is 35.8. The van der Waals surface area contributed by atoms with E-state index in [-0.39, 0.29) is 0 Å². The van der Waals surface area contributed by atoms with Gasteiger partial charge >= 0.3 is 0 Å². The SMILES string of the molecule is C=NCc1ccc(-n2c3ccccc3c3c4c(ccc32)C2(c3ccccc3S4)c3ccccc3N(c3ccccc3)c3ccccc32)cc1.Cc1ccccc1.NCc1ccccc1. The number of aliphatic imine (C=N–C) groups is 1. The maximum absolute atomic E-state index is 5.35. The first kappa shape index (κ1) is 40.6. The van der Waals surface area contributed by atoms with Gasteiger partial charge in [-0.1, -0.05) is 187 Å². The van der Waals surface area contributed by atoms with Gasteiger partial charge in [0.1, 0.15) is 0 Å². The zero-order valence-corrected chi connectivity index (χ0v) is 36.6. The number of aromatic nitrogens is 1. The van der Waals surface area contributed by atoms with Crippen molar-refractivity contribution in [1.29, 1.82) is 0 Å². The summed E-state index contributed by atoms with van der Waals surface area (Å²) in [6, 6.07) is 80.5. The number of aryl methyl sites for hydroxylation is 1. The van der Waals surface area contributed by atoms with Gasteiger partial charge < -0.3 is 15.2 Å². The summed E-state index contributed by atoms with van der Waals surface area (Å²) < 4.78 is 2.42. The summed E-state index contributed by atoms with van der Waals surface area (Å²) in [4.78, 5) is 9.14. The molecule has 64 heavy (non-hydrogen) atoms. The van der Waals surface area contributed by atoms with Gasteiger partial charge in [0.05, 0.1) is 34.4 Å². The van der Waals surface area contributed by atoms with Gasteiger partial charge in [-0.2, -0.15) is 0 Å². The van der Waals surface area contributed by atoms with Crippen LogP contribution >= 0.6 is 11.8 Å². The van der Waals surface area contributed by atoms with Crippen molar-refractivity contribution in [2.75, 3.05) is 4.90 Å². The molecule has 0 amide bonds. The molecule has 12 rings (SSSR count). The third-order valence-electron chi connectivity index (χ3n) is 12.3. The maximum atomic E-state index is 5.35. The van der Waals surface area contributed by atoms with Gasteiger partial charge in [0.25, 0.3) is 0 Å². The number of para-hydroxylation sites is 4. The predicted octanol–water partition coefficient (Wildman–Crippen LogP) is 14.8. The molecule has 10 aromatic rings. The summed E-state index contributed by atoms with van der Waals surface area (Å²) in [5.74, 6) is 0. The third kappa shape index (κ3) is 7.09. The Labute approximate surface area is 380 Å². The predicted molar refractivity (Wildman–Crippen MR) is 270 cm³/mol. The minimum Gasteiger partial charge on any atom is -0.326 e. The second kappa shape index (κ2) is 17.7. The molecule has 310 valence electrons. The van der Waals surface area contributed by atoms with Crippen LogP contribution in [0.5, 0.6) is 0 Å². The Kier molecular flexibility index (Phi) is 11.3. The topological polar surface area (TPSA) is 46.5 Å². The Hall–Kier alpha value is -7.44. The number of hydrogen-bond acceptors (Lipinski definition) is 4. The lowest BCUT2D eigenvalue weighted by molar-refractivity contribution is 0.695. The van der Waals surface area contributed by atoms with Gasteiger partial charge in [-0.3, -0.25) is 4.99 Å². The highest BCUT2D eigenvalue weighted by Gasteiger charge is 2.50. The van der Waals surface area contributed by atoms with Crippen LogP contribution in [0.4, 0.5) is 17.1 Å². The number of nitrogens with zero attached hydrogens (tertiary/aromatic N) is 3. The number of rotatable bonds is 5. The van der Waals surface area contributed by atoms with Gasteiger partial charge in [-0.25, -0.2) is 0 Å². The van der Waals surface area contributed by atoms with Crippen LogP contribution in [0.15, 0.2) is 239 Å². The Morgan fingerprint density at radius 2 is 1.06 bits per heavy atom. The normalized spacial score (nSPS) is 12.8. The Morgan fingerprint density at radius 1 is 0.500 bits per heavy atom. The van der Waals surface area contributed by atoms with Crippen molar-refractivity contribution in [2.24, 2.45) is 10.7 Å². The van der Waals surface area contributed by atoms with E-state index in [0.29, 0.717) is 13.1 Å². The molecule has 2 aliphatic heterocycles. The summed E-state index contributed by atoms with van der Waals surface area (Å²) in [6.45, 7) is 7.03. The fourth-order valence-electron chi connectivity index (χ4n) is 9.54. The number of benzene rings is 9. The molecule has 0 fully saturated rings.